The van der Waals surface area contributed by atoms with Crippen LogP contribution in [0.15, 0.2) is 30.6 Å². The Hall–Kier alpha value is -1.66. The van der Waals surface area contributed by atoms with E-state index in [2.05, 4.69) is 10.4 Å². The van der Waals surface area contributed by atoms with Gasteiger partial charge in [-0.2, -0.15) is 13.9 Å². The van der Waals surface area contributed by atoms with Crippen LogP contribution >= 0.6 is 23.2 Å². The Morgan fingerprint density at radius 3 is 2.45 bits per heavy atom. The standard InChI is InChI=1S/C14H11Cl2F2N3O/c15-9-2-1-3-10(16)11(9)14(4-5-14)20-12(22)8-6-19-21(7-8)13(17)18/h1-3,6-7,13H,4-5H2,(H,20,22). The Balaban J connectivity index is 1.84. The van der Waals surface area contributed by atoms with Crippen LogP contribution in [0.25, 0.3) is 0 Å². The summed E-state index contributed by atoms with van der Waals surface area (Å²) < 4.78 is 25.4. The summed E-state index contributed by atoms with van der Waals surface area (Å²) in [6.07, 6.45) is 3.48. The van der Waals surface area contributed by atoms with E-state index < -0.39 is 18.0 Å². The number of halogens is 4. The zero-order chi connectivity index (χ0) is 15.9. The number of nitrogens with zero attached hydrogens (tertiary/aromatic N) is 2. The largest absolute Gasteiger partial charge is 0.342 e. The minimum absolute atomic E-state index is 0.0646. The molecule has 1 saturated carbocycles. The van der Waals surface area contributed by atoms with Gasteiger partial charge >= 0.3 is 6.55 Å². The van der Waals surface area contributed by atoms with Crippen molar-refractivity contribution >= 4 is 29.1 Å². The van der Waals surface area contributed by atoms with Gasteiger partial charge in [-0.15, -0.1) is 0 Å². The molecule has 1 aliphatic carbocycles. The van der Waals surface area contributed by atoms with E-state index in [4.69, 9.17) is 23.2 Å². The number of rotatable bonds is 4. The number of benzene rings is 1. The fourth-order valence-corrected chi connectivity index (χ4v) is 3.13. The summed E-state index contributed by atoms with van der Waals surface area (Å²) in [6, 6.07) is 5.12. The number of nitrogens with one attached hydrogen (secondary N) is 1. The van der Waals surface area contributed by atoms with Crippen molar-refractivity contribution in [2.45, 2.75) is 24.9 Å². The number of aromatic nitrogens is 2. The molecule has 1 heterocycles. The minimum atomic E-state index is -2.78. The average Bonchev–Trinajstić information content (AvgIpc) is 3.03. The maximum Gasteiger partial charge on any atom is 0.333 e. The molecule has 0 unspecified atom stereocenters. The first-order chi connectivity index (χ1) is 10.4. The average molecular weight is 346 g/mol. The molecule has 4 nitrogen and oxygen atoms in total. The van der Waals surface area contributed by atoms with Gasteiger partial charge in [0.05, 0.1) is 17.3 Å². The predicted octanol–water partition coefficient (Wildman–Crippen LogP) is 4.00. The summed E-state index contributed by atoms with van der Waals surface area (Å²) in [5.74, 6) is -0.486. The molecule has 3 rings (SSSR count). The zero-order valence-corrected chi connectivity index (χ0v) is 12.7. The van der Waals surface area contributed by atoms with Crippen molar-refractivity contribution in [2.75, 3.05) is 0 Å². The highest BCUT2D eigenvalue weighted by atomic mass is 35.5. The Labute approximate surface area is 135 Å². The molecule has 0 bridgehead atoms. The van der Waals surface area contributed by atoms with Crippen LogP contribution in [0.1, 0.15) is 35.3 Å². The van der Waals surface area contributed by atoms with Gasteiger partial charge in [0.2, 0.25) is 0 Å². The van der Waals surface area contributed by atoms with E-state index >= 15 is 0 Å². The highest BCUT2D eigenvalue weighted by Gasteiger charge is 2.48. The SMILES string of the molecule is O=C(NC1(c2c(Cl)cccc2Cl)CC1)c1cnn(C(F)F)c1. The van der Waals surface area contributed by atoms with Gasteiger partial charge < -0.3 is 5.32 Å². The van der Waals surface area contributed by atoms with Gasteiger partial charge in [-0.3, -0.25) is 4.79 Å². The van der Waals surface area contributed by atoms with E-state index in [9.17, 15) is 13.6 Å². The molecule has 2 aromatic rings. The molecule has 1 aromatic heterocycles. The summed E-state index contributed by atoms with van der Waals surface area (Å²) in [7, 11) is 0. The normalized spacial score (nSPS) is 15.9. The zero-order valence-electron chi connectivity index (χ0n) is 11.2. The Morgan fingerprint density at radius 2 is 1.95 bits per heavy atom. The second-order valence-electron chi connectivity index (χ2n) is 5.12. The molecule has 8 heteroatoms. The first kappa shape index (κ1) is 15.2. The van der Waals surface area contributed by atoms with Crippen LogP contribution in [0.2, 0.25) is 10.0 Å². The number of alkyl halides is 2. The number of hydrogen-bond acceptors (Lipinski definition) is 2. The number of carbonyl (C=O) groups excluding carboxylic acids is 1. The van der Waals surface area contributed by atoms with E-state index in [1.165, 1.54) is 0 Å². The van der Waals surface area contributed by atoms with Gasteiger partial charge in [-0.25, -0.2) is 4.68 Å². The lowest BCUT2D eigenvalue weighted by Crippen LogP contribution is -2.35. The quantitative estimate of drug-likeness (QED) is 0.910. The number of carbonyl (C=O) groups is 1. The first-order valence-corrected chi connectivity index (χ1v) is 7.28. The third-order valence-electron chi connectivity index (χ3n) is 3.61. The van der Waals surface area contributed by atoms with Crippen molar-refractivity contribution in [3.8, 4) is 0 Å². The lowest BCUT2D eigenvalue weighted by Gasteiger charge is -2.20. The van der Waals surface area contributed by atoms with E-state index in [0.717, 1.165) is 12.4 Å². The van der Waals surface area contributed by atoms with Crippen LogP contribution in [0.4, 0.5) is 8.78 Å². The van der Waals surface area contributed by atoms with Gasteiger partial charge in [0, 0.05) is 21.8 Å². The van der Waals surface area contributed by atoms with Crippen molar-refractivity contribution in [1.82, 2.24) is 15.1 Å². The highest BCUT2D eigenvalue weighted by molar-refractivity contribution is 6.36. The van der Waals surface area contributed by atoms with Crippen molar-refractivity contribution in [3.63, 3.8) is 0 Å². The molecule has 1 amide bonds. The van der Waals surface area contributed by atoms with Crippen LogP contribution in [0.5, 0.6) is 0 Å². The molecule has 1 aliphatic rings. The Bertz CT molecular complexity index is 708. The molecular weight excluding hydrogens is 335 g/mol. The van der Waals surface area contributed by atoms with E-state index in [1.54, 1.807) is 18.2 Å². The minimum Gasteiger partial charge on any atom is -0.342 e. The Morgan fingerprint density at radius 1 is 1.32 bits per heavy atom. The van der Waals surface area contributed by atoms with E-state index in [0.29, 0.717) is 33.1 Å². The molecule has 0 radical (unpaired) electrons. The van der Waals surface area contributed by atoms with Crippen LogP contribution in [0, 0.1) is 0 Å². The molecule has 0 atom stereocenters. The predicted molar refractivity (Wildman–Crippen MR) is 78.3 cm³/mol. The van der Waals surface area contributed by atoms with Crippen LogP contribution in [-0.4, -0.2) is 15.7 Å². The van der Waals surface area contributed by atoms with Crippen molar-refractivity contribution < 1.29 is 13.6 Å². The van der Waals surface area contributed by atoms with Crippen molar-refractivity contribution in [1.29, 1.82) is 0 Å². The van der Waals surface area contributed by atoms with Crippen molar-refractivity contribution in [3.05, 3.63) is 51.8 Å². The Kier molecular flexibility index (Phi) is 3.82. The summed E-state index contributed by atoms with van der Waals surface area (Å²) in [4.78, 5) is 12.2. The molecule has 0 saturated heterocycles. The third-order valence-corrected chi connectivity index (χ3v) is 4.24. The first-order valence-electron chi connectivity index (χ1n) is 6.52. The fraction of sp³-hybridized carbons (Fsp3) is 0.286. The number of hydrogen-bond donors (Lipinski definition) is 1. The van der Waals surface area contributed by atoms with E-state index in [-0.39, 0.29) is 5.56 Å². The highest BCUT2D eigenvalue weighted by Crippen LogP contribution is 2.50. The van der Waals surface area contributed by atoms with Gasteiger partial charge in [-0.05, 0) is 25.0 Å². The second kappa shape index (κ2) is 5.52. The summed E-state index contributed by atoms with van der Waals surface area (Å²) in [5.41, 5.74) is 0.0853. The molecule has 0 aliphatic heterocycles. The van der Waals surface area contributed by atoms with Crippen LogP contribution in [0.3, 0.4) is 0 Å². The maximum absolute atomic E-state index is 12.5. The summed E-state index contributed by atoms with van der Waals surface area (Å²) in [5, 5.41) is 7.21. The summed E-state index contributed by atoms with van der Waals surface area (Å²) >= 11 is 12.4. The lowest BCUT2D eigenvalue weighted by molar-refractivity contribution is 0.0565. The molecule has 22 heavy (non-hydrogen) atoms. The molecule has 0 spiro atoms. The second-order valence-corrected chi connectivity index (χ2v) is 5.93. The maximum atomic E-state index is 12.5. The van der Waals surface area contributed by atoms with Crippen molar-refractivity contribution in [2.24, 2.45) is 0 Å². The van der Waals surface area contributed by atoms with Gasteiger partial charge in [0.25, 0.3) is 5.91 Å². The molecule has 1 aromatic carbocycles. The smallest absolute Gasteiger partial charge is 0.333 e. The molecule has 1 N–H and O–H groups in total. The van der Waals surface area contributed by atoms with E-state index in [1.807, 2.05) is 0 Å². The topological polar surface area (TPSA) is 46.9 Å². The molecule has 116 valence electrons. The summed E-state index contributed by atoms with van der Waals surface area (Å²) in [6.45, 7) is -2.78. The third kappa shape index (κ3) is 2.68. The molecular formula is C14H11Cl2F2N3O. The van der Waals surface area contributed by atoms with Gasteiger partial charge in [-0.1, -0.05) is 29.3 Å². The molecule has 1 fully saturated rings. The monoisotopic (exact) mass is 345 g/mol. The lowest BCUT2D eigenvalue weighted by atomic mass is 10.0. The van der Waals surface area contributed by atoms with Crippen LogP contribution in [-0.2, 0) is 5.54 Å². The van der Waals surface area contributed by atoms with Gasteiger partial charge in [0.15, 0.2) is 0 Å². The van der Waals surface area contributed by atoms with Crippen LogP contribution < -0.4 is 5.32 Å². The van der Waals surface area contributed by atoms with Gasteiger partial charge in [0.1, 0.15) is 0 Å². The fourth-order valence-electron chi connectivity index (χ4n) is 2.37. The number of amides is 1.